The Morgan fingerprint density at radius 2 is 1.86 bits per heavy atom. The van der Waals surface area contributed by atoms with E-state index in [1.165, 1.54) is 12.1 Å². The Morgan fingerprint density at radius 1 is 1.05 bits per heavy atom. The summed E-state index contributed by atoms with van der Waals surface area (Å²) in [6.45, 7) is 0. The highest BCUT2D eigenvalue weighted by molar-refractivity contribution is 9.10. The Kier molecular flexibility index (Phi) is 4.54. The number of nitrogens with zero attached hydrogens (tertiary/aromatic N) is 2. The quantitative estimate of drug-likeness (QED) is 0.590. The van der Waals surface area contributed by atoms with Crippen LogP contribution in [0.1, 0.15) is 5.56 Å². The van der Waals surface area contributed by atoms with Crippen LogP contribution in [0, 0.1) is 11.6 Å². The van der Waals surface area contributed by atoms with E-state index in [1.54, 1.807) is 0 Å². The summed E-state index contributed by atoms with van der Waals surface area (Å²) in [5.74, 6) is -1.13. The normalized spacial score (nSPS) is 10.9. The Balaban J connectivity index is 1.75. The lowest BCUT2D eigenvalue weighted by atomic mass is 10.2. The van der Waals surface area contributed by atoms with E-state index in [9.17, 15) is 8.78 Å². The lowest BCUT2D eigenvalue weighted by molar-refractivity contribution is 0.465. The molecule has 0 bridgehead atoms. The highest BCUT2D eigenvalue weighted by Gasteiger charge is 2.13. The number of rotatable bonds is 4. The zero-order valence-corrected chi connectivity index (χ0v) is 13.5. The second-order valence-electron chi connectivity index (χ2n) is 4.35. The molecule has 0 N–H and O–H groups in total. The van der Waals surface area contributed by atoms with E-state index in [1.807, 2.05) is 24.3 Å². The standard InChI is InChI=1S/C15H9BrF2N2OS/c16-11-6-2-1-5-10(11)14-19-20-15(21-14)22-8-9-4-3-7-12(17)13(9)18/h1-7H,8H2. The maximum absolute atomic E-state index is 13.6. The third-order valence-electron chi connectivity index (χ3n) is 2.89. The summed E-state index contributed by atoms with van der Waals surface area (Å²) in [6.07, 6.45) is 0. The molecular weight excluding hydrogens is 374 g/mol. The van der Waals surface area contributed by atoms with Crippen LogP contribution < -0.4 is 0 Å². The fraction of sp³-hybridized carbons (Fsp3) is 0.0667. The monoisotopic (exact) mass is 382 g/mol. The van der Waals surface area contributed by atoms with Gasteiger partial charge in [0.25, 0.3) is 5.22 Å². The van der Waals surface area contributed by atoms with Gasteiger partial charge in [0.2, 0.25) is 5.89 Å². The molecule has 2 aromatic carbocycles. The molecule has 0 fully saturated rings. The number of thioether (sulfide) groups is 1. The van der Waals surface area contributed by atoms with Crippen LogP contribution in [-0.2, 0) is 5.75 Å². The van der Waals surface area contributed by atoms with E-state index in [0.717, 1.165) is 27.9 Å². The molecule has 1 aromatic heterocycles. The Hall–Kier alpha value is -1.73. The number of hydrogen-bond donors (Lipinski definition) is 0. The molecule has 0 saturated heterocycles. The van der Waals surface area contributed by atoms with Crippen molar-refractivity contribution in [2.24, 2.45) is 0 Å². The smallest absolute Gasteiger partial charge is 0.277 e. The summed E-state index contributed by atoms with van der Waals surface area (Å²) in [7, 11) is 0. The summed E-state index contributed by atoms with van der Waals surface area (Å²) in [4.78, 5) is 0. The third-order valence-corrected chi connectivity index (χ3v) is 4.45. The highest BCUT2D eigenvalue weighted by Crippen LogP contribution is 2.30. The fourth-order valence-corrected chi connectivity index (χ4v) is 3.00. The van der Waals surface area contributed by atoms with Crippen LogP contribution in [0.2, 0.25) is 0 Å². The fourth-order valence-electron chi connectivity index (χ4n) is 1.81. The van der Waals surface area contributed by atoms with Crippen LogP contribution in [0.25, 0.3) is 11.5 Å². The molecule has 3 rings (SSSR count). The van der Waals surface area contributed by atoms with E-state index in [0.29, 0.717) is 11.1 Å². The molecule has 0 atom stereocenters. The van der Waals surface area contributed by atoms with Gasteiger partial charge in [-0.05, 0) is 34.1 Å². The second-order valence-corrected chi connectivity index (χ2v) is 6.14. The molecule has 112 valence electrons. The lowest BCUT2D eigenvalue weighted by Crippen LogP contribution is -1.91. The van der Waals surface area contributed by atoms with Crippen molar-refractivity contribution in [1.82, 2.24) is 10.2 Å². The first-order chi connectivity index (χ1) is 10.6. The molecule has 3 nitrogen and oxygen atoms in total. The van der Waals surface area contributed by atoms with Crippen LogP contribution in [-0.4, -0.2) is 10.2 Å². The molecule has 0 aliphatic rings. The minimum atomic E-state index is -0.863. The summed E-state index contributed by atoms with van der Waals surface area (Å²) >= 11 is 4.57. The van der Waals surface area contributed by atoms with Crippen molar-refractivity contribution >= 4 is 27.7 Å². The van der Waals surface area contributed by atoms with Gasteiger partial charge in [-0.1, -0.05) is 36.0 Å². The number of aromatic nitrogens is 2. The molecule has 1 heterocycles. The zero-order chi connectivity index (χ0) is 15.5. The molecule has 22 heavy (non-hydrogen) atoms. The third kappa shape index (κ3) is 3.20. The van der Waals surface area contributed by atoms with Gasteiger partial charge in [0.05, 0.1) is 5.56 Å². The summed E-state index contributed by atoms with van der Waals surface area (Å²) in [5.41, 5.74) is 1.03. The second kappa shape index (κ2) is 6.58. The molecule has 0 aliphatic heterocycles. The minimum Gasteiger partial charge on any atom is -0.411 e. The van der Waals surface area contributed by atoms with Crippen molar-refractivity contribution in [1.29, 1.82) is 0 Å². The summed E-state index contributed by atoms with van der Waals surface area (Å²) in [5, 5.41) is 8.17. The molecular formula is C15H9BrF2N2OS. The zero-order valence-electron chi connectivity index (χ0n) is 11.1. The van der Waals surface area contributed by atoms with Crippen molar-refractivity contribution in [3.05, 3.63) is 64.1 Å². The van der Waals surface area contributed by atoms with Gasteiger partial charge in [-0.2, -0.15) is 0 Å². The Labute approximate surface area is 137 Å². The van der Waals surface area contributed by atoms with Crippen molar-refractivity contribution in [3.63, 3.8) is 0 Å². The first-order valence-electron chi connectivity index (χ1n) is 6.29. The lowest BCUT2D eigenvalue weighted by Gasteiger charge is -2.01. The largest absolute Gasteiger partial charge is 0.411 e. The van der Waals surface area contributed by atoms with E-state index >= 15 is 0 Å². The van der Waals surface area contributed by atoms with Crippen molar-refractivity contribution in [2.75, 3.05) is 0 Å². The van der Waals surface area contributed by atoms with Crippen LogP contribution >= 0.6 is 27.7 Å². The molecule has 3 aromatic rings. The molecule has 0 radical (unpaired) electrons. The van der Waals surface area contributed by atoms with Crippen LogP contribution in [0.5, 0.6) is 0 Å². The summed E-state index contributed by atoms with van der Waals surface area (Å²) in [6, 6.07) is 11.5. The Bertz CT molecular complexity index is 810. The topological polar surface area (TPSA) is 38.9 Å². The first kappa shape index (κ1) is 15.2. The molecule has 0 amide bonds. The van der Waals surface area contributed by atoms with E-state index in [4.69, 9.17) is 4.42 Å². The maximum Gasteiger partial charge on any atom is 0.277 e. The molecule has 7 heteroatoms. The van der Waals surface area contributed by atoms with Gasteiger partial charge in [-0.15, -0.1) is 10.2 Å². The number of benzene rings is 2. The van der Waals surface area contributed by atoms with Crippen LogP contribution in [0.4, 0.5) is 8.78 Å². The van der Waals surface area contributed by atoms with Crippen LogP contribution in [0.3, 0.4) is 0 Å². The van der Waals surface area contributed by atoms with Gasteiger partial charge < -0.3 is 4.42 Å². The van der Waals surface area contributed by atoms with Gasteiger partial charge in [0, 0.05) is 15.8 Å². The van der Waals surface area contributed by atoms with Crippen LogP contribution in [0.15, 0.2) is 56.6 Å². The van der Waals surface area contributed by atoms with Gasteiger partial charge in [-0.25, -0.2) is 8.78 Å². The SMILES string of the molecule is Fc1cccc(CSc2nnc(-c3ccccc3Br)o2)c1F. The number of hydrogen-bond acceptors (Lipinski definition) is 4. The predicted octanol–water partition coefficient (Wildman–Crippen LogP) is 5.07. The maximum atomic E-state index is 13.6. The van der Waals surface area contributed by atoms with E-state index in [2.05, 4.69) is 26.1 Å². The van der Waals surface area contributed by atoms with E-state index in [-0.39, 0.29) is 11.3 Å². The highest BCUT2D eigenvalue weighted by atomic mass is 79.9. The summed E-state index contributed by atoms with van der Waals surface area (Å²) < 4.78 is 33.1. The molecule has 0 aliphatic carbocycles. The van der Waals surface area contributed by atoms with Gasteiger partial charge in [0.1, 0.15) is 0 Å². The average molecular weight is 383 g/mol. The van der Waals surface area contributed by atoms with Gasteiger partial charge >= 0.3 is 0 Å². The molecule has 0 saturated carbocycles. The van der Waals surface area contributed by atoms with Crippen molar-refractivity contribution in [3.8, 4) is 11.5 Å². The number of halogens is 3. The minimum absolute atomic E-state index is 0.210. The van der Waals surface area contributed by atoms with E-state index < -0.39 is 11.6 Å². The molecule has 0 spiro atoms. The Morgan fingerprint density at radius 3 is 2.68 bits per heavy atom. The first-order valence-corrected chi connectivity index (χ1v) is 8.07. The molecule has 0 unspecified atom stereocenters. The van der Waals surface area contributed by atoms with Gasteiger partial charge in [0.15, 0.2) is 11.6 Å². The van der Waals surface area contributed by atoms with Crippen molar-refractivity contribution < 1.29 is 13.2 Å². The predicted molar refractivity (Wildman–Crippen MR) is 83.4 cm³/mol. The van der Waals surface area contributed by atoms with Crippen molar-refractivity contribution in [2.45, 2.75) is 11.0 Å². The van der Waals surface area contributed by atoms with Gasteiger partial charge in [-0.3, -0.25) is 0 Å². The average Bonchev–Trinajstić information content (AvgIpc) is 2.98.